The summed E-state index contributed by atoms with van der Waals surface area (Å²) in [5, 5.41) is 3.61. The average molecular weight is 398 g/mol. The molecule has 2 aliphatic rings. The van der Waals surface area contributed by atoms with E-state index < -0.39 is 0 Å². The first kappa shape index (κ1) is 19.4. The summed E-state index contributed by atoms with van der Waals surface area (Å²) < 4.78 is 2.55. The van der Waals surface area contributed by atoms with E-state index in [9.17, 15) is 0 Å². The Morgan fingerprint density at radius 1 is 1.25 bits per heavy atom. The average Bonchev–Trinajstić information content (AvgIpc) is 3.22. The molecular formula is C22H31N5S. The molecule has 1 aliphatic heterocycles. The number of thioether (sulfide) groups is 1. The smallest absolute Gasteiger partial charge is 0.193 e. The van der Waals surface area contributed by atoms with Crippen LogP contribution in [0.1, 0.15) is 43.2 Å². The molecule has 2 aromatic rings. The lowest BCUT2D eigenvalue weighted by molar-refractivity contribution is 0.293. The number of imidazole rings is 1. The third-order valence-electron chi connectivity index (χ3n) is 5.89. The summed E-state index contributed by atoms with van der Waals surface area (Å²) in [5.74, 6) is 2.26. The van der Waals surface area contributed by atoms with Crippen molar-refractivity contribution in [1.29, 1.82) is 0 Å². The van der Waals surface area contributed by atoms with Crippen LogP contribution >= 0.6 is 11.8 Å². The van der Waals surface area contributed by atoms with Gasteiger partial charge in [-0.3, -0.25) is 4.99 Å². The zero-order valence-corrected chi connectivity index (χ0v) is 17.6. The van der Waals surface area contributed by atoms with Gasteiger partial charge in [0.25, 0.3) is 0 Å². The Morgan fingerprint density at radius 3 is 2.89 bits per heavy atom. The largest absolute Gasteiger partial charge is 0.352 e. The minimum Gasteiger partial charge on any atom is -0.352 e. The third kappa shape index (κ3) is 4.72. The van der Waals surface area contributed by atoms with E-state index in [1.807, 2.05) is 25.8 Å². The standard InChI is InChI=1S/C22H31N5S/c1-23-21(27-12-13-28-22(17-27)8-3-2-4-9-22)25-15-19-6-5-7-20(14-19)16-26-11-10-24-18-26/h5-7,10-11,14,18H,2-4,8-9,12-13,15-17H2,1H3,(H,23,25). The maximum absolute atomic E-state index is 4.60. The fourth-order valence-electron chi connectivity index (χ4n) is 4.47. The van der Waals surface area contributed by atoms with Crippen LogP contribution in [-0.4, -0.2) is 51.0 Å². The highest BCUT2D eigenvalue weighted by Gasteiger charge is 2.38. The maximum atomic E-state index is 4.60. The molecule has 1 aromatic carbocycles. The fourth-order valence-corrected chi connectivity index (χ4v) is 6.04. The normalized spacial score (nSPS) is 19.8. The Bertz CT molecular complexity index is 774. The first-order valence-corrected chi connectivity index (χ1v) is 11.4. The summed E-state index contributed by atoms with van der Waals surface area (Å²) in [6.07, 6.45) is 12.6. The molecule has 0 radical (unpaired) electrons. The van der Waals surface area contributed by atoms with Gasteiger partial charge in [0.1, 0.15) is 0 Å². The molecule has 0 unspecified atom stereocenters. The van der Waals surface area contributed by atoms with Crippen molar-refractivity contribution in [3.05, 3.63) is 54.1 Å². The number of aliphatic imine (C=N–C) groups is 1. The molecule has 2 fully saturated rings. The topological polar surface area (TPSA) is 45.5 Å². The highest BCUT2D eigenvalue weighted by atomic mass is 32.2. The number of rotatable bonds is 4. The molecule has 0 amide bonds. The van der Waals surface area contributed by atoms with Gasteiger partial charge in [-0.2, -0.15) is 11.8 Å². The Labute approximate surface area is 172 Å². The lowest BCUT2D eigenvalue weighted by atomic mass is 9.87. The molecule has 1 saturated carbocycles. The van der Waals surface area contributed by atoms with Gasteiger partial charge in [0.2, 0.25) is 0 Å². The number of nitrogens with one attached hydrogen (secondary N) is 1. The van der Waals surface area contributed by atoms with Crippen molar-refractivity contribution < 1.29 is 0 Å². The number of nitrogens with zero attached hydrogens (tertiary/aromatic N) is 4. The van der Waals surface area contributed by atoms with Gasteiger partial charge in [-0.15, -0.1) is 0 Å². The Balaban J connectivity index is 1.36. The summed E-state index contributed by atoms with van der Waals surface area (Å²) >= 11 is 2.20. The van der Waals surface area contributed by atoms with Gasteiger partial charge in [-0.25, -0.2) is 4.98 Å². The van der Waals surface area contributed by atoms with Gasteiger partial charge in [0.15, 0.2) is 5.96 Å². The zero-order valence-electron chi connectivity index (χ0n) is 16.8. The molecule has 6 heteroatoms. The quantitative estimate of drug-likeness (QED) is 0.630. The van der Waals surface area contributed by atoms with E-state index in [2.05, 4.69) is 60.8 Å². The van der Waals surface area contributed by atoms with Gasteiger partial charge in [-0.05, 0) is 24.0 Å². The van der Waals surface area contributed by atoms with Crippen molar-refractivity contribution in [2.75, 3.05) is 25.9 Å². The molecule has 1 spiro atoms. The Hall–Kier alpha value is -1.95. The molecule has 5 nitrogen and oxygen atoms in total. The number of benzene rings is 1. The van der Waals surface area contributed by atoms with E-state index in [1.165, 1.54) is 49.0 Å². The van der Waals surface area contributed by atoms with Crippen LogP contribution in [-0.2, 0) is 13.1 Å². The van der Waals surface area contributed by atoms with Gasteiger partial charge < -0.3 is 14.8 Å². The number of aromatic nitrogens is 2. The van der Waals surface area contributed by atoms with E-state index in [0.29, 0.717) is 4.75 Å². The fraction of sp³-hybridized carbons (Fsp3) is 0.545. The molecule has 1 N–H and O–H groups in total. The van der Waals surface area contributed by atoms with E-state index in [0.717, 1.165) is 32.1 Å². The Morgan fingerprint density at radius 2 is 2.11 bits per heavy atom. The van der Waals surface area contributed by atoms with Crippen LogP contribution in [0.2, 0.25) is 0 Å². The van der Waals surface area contributed by atoms with Crippen molar-refractivity contribution in [3.8, 4) is 0 Å². The highest BCUT2D eigenvalue weighted by Crippen LogP contribution is 2.42. The molecule has 2 heterocycles. The molecule has 0 bridgehead atoms. The molecular weight excluding hydrogens is 366 g/mol. The zero-order chi connectivity index (χ0) is 19.2. The first-order chi connectivity index (χ1) is 13.8. The third-order valence-corrected chi connectivity index (χ3v) is 7.43. The van der Waals surface area contributed by atoms with Crippen LogP contribution in [0.3, 0.4) is 0 Å². The molecule has 28 heavy (non-hydrogen) atoms. The monoisotopic (exact) mass is 397 g/mol. The van der Waals surface area contributed by atoms with Gasteiger partial charge in [0, 0.05) is 56.1 Å². The van der Waals surface area contributed by atoms with Crippen molar-refractivity contribution in [1.82, 2.24) is 19.8 Å². The van der Waals surface area contributed by atoms with Crippen molar-refractivity contribution in [2.24, 2.45) is 4.99 Å². The lowest BCUT2D eigenvalue weighted by Gasteiger charge is -2.45. The predicted molar refractivity (Wildman–Crippen MR) is 118 cm³/mol. The number of hydrogen-bond acceptors (Lipinski definition) is 3. The van der Waals surface area contributed by atoms with Gasteiger partial charge >= 0.3 is 0 Å². The summed E-state index contributed by atoms with van der Waals surface area (Å²) in [6.45, 7) is 3.89. The summed E-state index contributed by atoms with van der Waals surface area (Å²) in [6, 6.07) is 8.77. The maximum Gasteiger partial charge on any atom is 0.193 e. The molecule has 0 atom stereocenters. The second kappa shape index (κ2) is 9.03. The van der Waals surface area contributed by atoms with Crippen LogP contribution in [0.4, 0.5) is 0 Å². The SMILES string of the molecule is CN=C(NCc1cccc(Cn2ccnc2)c1)N1CCSC2(CCCCC2)C1. The predicted octanol–water partition coefficient (Wildman–Crippen LogP) is 3.76. The molecule has 1 aliphatic carbocycles. The molecule has 4 rings (SSSR count). The number of hydrogen-bond donors (Lipinski definition) is 1. The van der Waals surface area contributed by atoms with Crippen LogP contribution in [0, 0.1) is 0 Å². The lowest BCUT2D eigenvalue weighted by Crippen LogP contribution is -2.53. The number of guanidine groups is 1. The van der Waals surface area contributed by atoms with Crippen LogP contribution in [0.5, 0.6) is 0 Å². The minimum absolute atomic E-state index is 0.457. The van der Waals surface area contributed by atoms with Crippen LogP contribution < -0.4 is 5.32 Å². The summed E-state index contributed by atoms with van der Waals surface area (Å²) in [4.78, 5) is 11.2. The van der Waals surface area contributed by atoms with Gasteiger partial charge in [-0.1, -0.05) is 43.5 Å². The second-order valence-electron chi connectivity index (χ2n) is 7.97. The van der Waals surface area contributed by atoms with E-state index in [-0.39, 0.29) is 0 Å². The van der Waals surface area contributed by atoms with E-state index >= 15 is 0 Å². The van der Waals surface area contributed by atoms with Crippen LogP contribution in [0.15, 0.2) is 48.0 Å². The van der Waals surface area contributed by atoms with Crippen molar-refractivity contribution >= 4 is 17.7 Å². The highest BCUT2D eigenvalue weighted by molar-refractivity contribution is 8.00. The Kier molecular flexibility index (Phi) is 6.25. The van der Waals surface area contributed by atoms with Crippen molar-refractivity contribution in [2.45, 2.75) is 49.9 Å². The van der Waals surface area contributed by atoms with E-state index in [4.69, 9.17) is 0 Å². The molecule has 1 saturated heterocycles. The molecule has 150 valence electrons. The minimum atomic E-state index is 0.457. The summed E-state index contributed by atoms with van der Waals surface area (Å²) in [5.41, 5.74) is 2.58. The van der Waals surface area contributed by atoms with Crippen molar-refractivity contribution in [3.63, 3.8) is 0 Å². The van der Waals surface area contributed by atoms with E-state index in [1.54, 1.807) is 0 Å². The molecule has 1 aromatic heterocycles. The second-order valence-corrected chi connectivity index (χ2v) is 9.53. The summed E-state index contributed by atoms with van der Waals surface area (Å²) in [7, 11) is 1.91. The van der Waals surface area contributed by atoms with Gasteiger partial charge in [0.05, 0.1) is 6.33 Å². The first-order valence-electron chi connectivity index (χ1n) is 10.4. The van der Waals surface area contributed by atoms with Crippen LogP contribution in [0.25, 0.3) is 0 Å².